The van der Waals surface area contributed by atoms with Crippen LogP contribution < -0.4 is 10.5 Å². The van der Waals surface area contributed by atoms with Gasteiger partial charge in [-0.05, 0) is 25.3 Å². The van der Waals surface area contributed by atoms with Crippen molar-refractivity contribution >= 4 is 15.8 Å². The van der Waals surface area contributed by atoms with Gasteiger partial charge in [0, 0.05) is 37.4 Å². The molecular formula is C12H18N4O2S. The Balaban J connectivity index is 1.68. The number of rotatable bonds is 4. The highest BCUT2D eigenvalue weighted by molar-refractivity contribution is 7.89. The summed E-state index contributed by atoms with van der Waals surface area (Å²) >= 11 is 0. The molecule has 6 nitrogen and oxygen atoms in total. The van der Waals surface area contributed by atoms with Crippen molar-refractivity contribution in [1.29, 1.82) is 0 Å². The third kappa shape index (κ3) is 2.88. The lowest BCUT2D eigenvalue weighted by atomic mass is 10.3. The Bertz CT molecular complexity index is 571. The monoisotopic (exact) mass is 282 g/mol. The molecule has 1 aliphatic carbocycles. The van der Waals surface area contributed by atoms with E-state index >= 15 is 0 Å². The standard InChI is InChI=1S/C12H18N4O2S/c13-12-7-11(3-5-14-12)19(17,18)15-9-4-6-16(8-9)10-1-2-10/h3,5,7,9-10,15H,1-2,4,6,8H2,(H2,13,14). The number of anilines is 1. The van der Waals surface area contributed by atoms with Gasteiger partial charge in [0.1, 0.15) is 5.82 Å². The minimum Gasteiger partial charge on any atom is -0.384 e. The first-order valence-corrected chi connectivity index (χ1v) is 8.01. The van der Waals surface area contributed by atoms with Crippen LogP contribution in [0.2, 0.25) is 0 Å². The maximum absolute atomic E-state index is 12.2. The van der Waals surface area contributed by atoms with Gasteiger partial charge in [-0.15, -0.1) is 0 Å². The third-order valence-electron chi connectivity index (χ3n) is 3.67. The predicted molar refractivity (Wildman–Crippen MR) is 72.0 cm³/mol. The van der Waals surface area contributed by atoms with Crippen molar-refractivity contribution in [3.63, 3.8) is 0 Å². The van der Waals surface area contributed by atoms with Gasteiger partial charge < -0.3 is 5.73 Å². The van der Waals surface area contributed by atoms with Crippen LogP contribution in [0.5, 0.6) is 0 Å². The molecule has 2 fully saturated rings. The van der Waals surface area contributed by atoms with Crippen LogP contribution in [0.25, 0.3) is 0 Å². The number of nitrogen functional groups attached to an aromatic ring is 1. The smallest absolute Gasteiger partial charge is 0.241 e. The van der Waals surface area contributed by atoms with E-state index in [9.17, 15) is 8.42 Å². The number of sulfonamides is 1. The van der Waals surface area contributed by atoms with Crippen molar-refractivity contribution in [1.82, 2.24) is 14.6 Å². The van der Waals surface area contributed by atoms with Crippen LogP contribution in [0.15, 0.2) is 23.2 Å². The highest BCUT2D eigenvalue weighted by Gasteiger charge is 2.35. The van der Waals surface area contributed by atoms with Crippen LogP contribution >= 0.6 is 0 Å². The summed E-state index contributed by atoms with van der Waals surface area (Å²) in [6.07, 6.45) is 4.78. The molecule has 1 aliphatic heterocycles. The third-order valence-corrected chi connectivity index (χ3v) is 5.19. The quantitative estimate of drug-likeness (QED) is 0.822. The summed E-state index contributed by atoms with van der Waals surface area (Å²) in [7, 11) is -3.49. The number of hydrogen-bond donors (Lipinski definition) is 2. The Labute approximate surface area is 113 Å². The van der Waals surface area contributed by atoms with Gasteiger partial charge >= 0.3 is 0 Å². The molecule has 1 saturated heterocycles. The fourth-order valence-electron chi connectivity index (χ4n) is 2.54. The van der Waals surface area contributed by atoms with Gasteiger partial charge in [-0.2, -0.15) is 0 Å². The van der Waals surface area contributed by atoms with Gasteiger partial charge in [0.05, 0.1) is 4.90 Å². The average Bonchev–Trinajstić information content (AvgIpc) is 3.11. The minimum absolute atomic E-state index is 0.00000945. The van der Waals surface area contributed by atoms with Crippen molar-refractivity contribution in [2.75, 3.05) is 18.8 Å². The van der Waals surface area contributed by atoms with E-state index in [4.69, 9.17) is 5.73 Å². The minimum atomic E-state index is -3.49. The summed E-state index contributed by atoms with van der Waals surface area (Å²) in [5.74, 6) is 0.217. The van der Waals surface area contributed by atoms with Gasteiger partial charge in [-0.25, -0.2) is 18.1 Å². The Morgan fingerprint density at radius 3 is 2.84 bits per heavy atom. The molecule has 1 aromatic heterocycles. The Morgan fingerprint density at radius 1 is 1.37 bits per heavy atom. The lowest BCUT2D eigenvalue weighted by Crippen LogP contribution is -2.37. The molecule has 1 atom stereocenters. The molecule has 0 spiro atoms. The number of nitrogens with one attached hydrogen (secondary N) is 1. The molecule has 1 saturated carbocycles. The van der Waals surface area contributed by atoms with Crippen LogP contribution in [0.4, 0.5) is 5.82 Å². The normalized spacial score (nSPS) is 24.7. The number of nitrogens with zero attached hydrogens (tertiary/aromatic N) is 2. The van der Waals surface area contributed by atoms with E-state index in [0.29, 0.717) is 6.04 Å². The van der Waals surface area contributed by atoms with E-state index in [-0.39, 0.29) is 16.8 Å². The first-order chi connectivity index (χ1) is 9.04. The molecule has 0 aromatic carbocycles. The lowest BCUT2D eigenvalue weighted by Gasteiger charge is -2.16. The molecule has 3 rings (SSSR count). The van der Waals surface area contributed by atoms with Crippen molar-refractivity contribution in [3.05, 3.63) is 18.3 Å². The highest BCUT2D eigenvalue weighted by atomic mass is 32.2. The van der Waals surface area contributed by atoms with Crippen molar-refractivity contribution < 1.29 is 8.42 Å². The van der Waals surface area contributed by atoms with E-state index in [2.05, 4.69) is 14.6 Å². The molecule has 1 unspecified atom stereocenters. The number of nitrogens with two attached hydrogens (primary N) is 1. The van der Waals surface area contributed by atoms with Crippen molar-refractivity contribution in [2.45, 2.75) is 36.2 Å². The highest BCUT2D eigenvalue weighted by Crippen LogP contribution is 2.30. The first-order valence-electron chi connectivity index (χ1n) is 6.52. The van der Waals surface area contributed by atoms with Crippen LogP contribution in [-0.2, 0) is 10.0 Å². The predicted octanol–water partition coefficient (Wildman–Crippen LogP) is 0.179. The van der Waals surface area contributed by atoms with E-state index in [0.717, 1.165) is 19.5 Å². The zero-order valence-corrected chi connectivity index (χ0v) is 11.4. The summed E-state index contributed by atoms with van der Waals surface area (Å²) in [6.45, 7) is 1.79. The van der Waals surface area contributed by atoms with Gasteiger partial charge in [-0.3, -0.25) is 4.90 Å². The molecule has 1 aromatic rings. The maximum Gasteiger partial charge on any atom is 0.241 e. The Kier molecular flexibility index (Phi) is 3.20. The van der Waals surface area contributed by atoms with E-state index in [1.165, 1.54) is 31.2 Å². The van der Waals surface area contributed by atoms with Crippen LogP contribution in [0.3, 0.4) is 0 Å². The summed E-state index contributed by atoms with van der Waals surface area (Å²) in [4.78, 5) is 6.36. The first kappa shape index (κ1) is 12.8. The number of likely N-dealkylation sites (tertiary alicyclic amines) is 1. The fourth-order valence-corrected chi connectivity index (χ4v) is 3.82. The Hall–Kier alpha value is -1.18. The second-order valence-electron chi connectivity index (χ2n) is 5.25. The lowest BCUT2D eigenvalue weighted by molar-refractivity contribution is 0.322. The van der Waals surface area contributed by atoms with Crippen LogP contribution in [0.1, 0.15) is 19.3 Å². The van der Waals surface area contributed by atoms with Crippen molar-refractivity contribution in [2.24, 2.45) is 0 Å². The number of pyridine rings is 1. The van der Waals surface area contributed by atoms with Gasteiger partial charge in [0.2, 0.25) is 10.0 Å². The summed E-state index contributed by atoms with van der Waals surface area (Å²) in [5.41, 5.74) is 5.52. The zero-order chi connectivity index (χ0) is 13.5. The molecular weight excluding hydrogens is 264 g/mol. The largest absolute Gasteiger partial charge is 0.384 e. The topological polar surface area (TPSA) is 88.3 Å². The zero-order valence-electron chi connectivity index (χ0n) is 10.6. The summed E-state index contributed by atoms with van der Waals surface area (Å²) in [6, 6.07) is 3.54. The molecule has 0 radical (unpaired) electrons. The Morgan fingerprint density at radius 2 is 2.16 bits per heavy atom. The summed E-state index contributed by atoms with van der Waals surface area (Å²) in [5, 5.41) is 0. The molecule has 104 valence electrons. The second kappa shape index (κ2) is 4.73. The molecule has 19 heavy (non-hydrogen) atoms. The van der Waals surface area contributed by atoms with Gasteiger partial charge in [-0.1, -0.05) is 0 Å². The van der Waals surface area contributed by atoms with E-state index in [1.54, 1.807) is 0 Å². The molecule has 3 N–H and O–H groups in total. The maximum atomic E-state index is 12.2. The number of hydrogen-bond acceptors (Lipinski definition) is 5. The van der Waals surface area contributed by atoms with Crippen LogP contribution in [-0.4, -0.2) is 43.5 Å². The molecule has 0 amide bonds. The SMILES string of the molecule is Nc1cc(S(=O)(=O)NC2CCN(C3CC3)C2)ccn1. The van der Waals surface area contributed by atoms with Crippen LogP contribution in [0, 0.1) is 0 Å². The summed E-state index contributed by atoms with van der Waals surface area (Å²) < 4.78 is 27.2. The second-order valence-corrected chi connectivity index (χ2v) is 6.96. The average molecular weight is 282 g/mol. The van der Waals surface area contributed by atoms with Gasteiger partial charge in [0.25, 0.3) is 0 Å². The van der Waals surface area contributed by atoms with E-state index < -0.39 is 10.0 Å². The fraction of sp³-hybridized carbons (Fsp3) is 0.583. The number of aromatic nitrogens is 1. The molecule has 2 aliphatic rings. The molecule has 7 heteroatoms. The molecule has 2 heterocycles. The molecule has 0 bridgehead atoms. The van der Waals surface area contributed by atoms with Crippen molar-refractivity contribution in [3.8, 4) is 0 Å². The van der Waals surface area contributed by atoms with E-state index in [1.807, 2.05) is 0 Å². The van der Waals surface area contributed by atoms with Gasteiger partial charge in [0.15, 0.2) is 0 Å².